The van der Waals surface area contributed by atoms with Crippen molar-refractivity contribution in [1.29, 1.82) is 0 Å². The van der Waals surface area contributed by atoms with E-state index >= 15 is 0 Å². The first kappa shape index (κ1) is 17.2. The van der Waals surface area contributed by atoms with Gasteiger partial charge >= 0.3 is 6.03 Å². The van der Waals surface area contributed by atoms with Crippen LogP contribution in [-0.2, 0) is 6.42 Å². The lowest BCUT2D eigenvalue weighted by Gasteiger charge is -2.35. The number of halogens is 1. The second-order valence-electron chi connectivity index (χ2n) is 6.36. The number of rotatable bonds is 3. The van der Waals surface area contributed by atoms with Crippen LogP contribution >= 0.6 is 0 Å². The summed E-state index contributed by atoms with van der Waals surface area (Å²) in [5.41, 5.74) is 2.27. The summed E-state index contributed by atoms with van der Waals surface area (Å²) in [7, 11) is 0. The number of nitrogens with zero attached hydrogens (tertiary/aromatic N) is 6. The van der Waals surface area contributed by atoms with Gasteiger partial charge < -0.3 is 15.1 Å². The van der Waals surface area contributed by atoms with Gasteiger partial charge in [0.05, 0.1) is 11.9 Å². The number of carbonyl (C=O) groups is 1. The Labute approximate surface area is 155 Å². The van der Waals surface area contributed by atoms with E-state index in [-0.39, 0.29) is 11.8 Å². The molecule has 0 aliphatic carbocycles. The second-order valence-corrected chi connectivity index (χ2v) is 6.36. The van der Waals surface area contributed by atoms with Crippen molar-refractivity contribution in [2.75, 3.05) is 36.4 Å². The number of fused-ring (bicyclic) bond motifs is 1. The lowest BCUT2D eigenvalue weighted by molar-refractivity contribution is 0.208. The first-order valence-electron chi connectivity index (χ1n) is 8.91. The predicted molar refractivity (Wildman–Crippen MR) is 99.4 cm³/mol. The summed E-state index contributed by atoms with van der Waals surface area (Å²) < 4.78 is 14.7. The highest BCUT2D eigenvalue weighted by atomic mass is 19.1. The zero-order valence-electron chi connectivity index (χ0n) is 15.0. The Morgan fingerprint density at radius 2 is 1.89 bits per heavy atom. The van der Waals surface area contributed by atoms with Crippen LogP contribution in [0.25, 0.3) is 5.65 Å². The van der Waals surface area contributed by atoms with Gasteiger partial charge in [-0.2, -0.15) is 9.61 Å². The second kappa shape index (κ2) is 7.18. The third kappa shape index (κ3) is 3.53. The van der Waals surface area contributed by atoms with Crippen LogP contribution in [0.1, 0.15) is 12.7 Å². The standard InChI is InChI=1S/C18H20FN7O/c1-2-16-22-23-17-11-15(12-20-26(16)17)24-7-9-25(10-8-24)18(27)21-14-5-3-13(19)4-6-14/h3-6,11-12H,2,7-10H2,1H3,(H,21,27). The molecule has 0 saturated carbocycles. The summed E-state index contributed by atoms with van der Waals surface area (Å²) in [6, 6.07) is 7.53. The van der Waals surface area contributed by atoms with Crippen molar-refractivity contribution >= 4 is 23.1 Å². The maximum absolute atomic E-state index is 13.0. The third-order valence-electron chi connectivity index (χ3n) is 4.66. The van der Waals surface area contributed by atoms with Crippen molar-refractivity contribution in [3.8, 4) is 0 Å². The summed E-state index contributed by atoms with van der Waals surface area (Å²) in [5, 5.41) is 15.5. The van der Waals surface area contributed by atoms with Crippen LogP contribution in [0.15, 0.2) is 36.5 Å². The molecule has 1 saturated heterocycles. The van der Waals surface area contributed by atoms with E-state index in [2.05, 4.69) is 25.5 Å². The Balaban J connectivity index is 1.38. The molecule has 3 heterocycles. The monoisotopic (exact) mass is 369 g/mol. The number of anilines is 2. The van der Waals surface area contributed by atoms with E-state index in [0.717, 1.165) is 23.6 Å². The molecule has 2 aromatic heterocycles. The van der Waals surface area contributed by atoms with Gasteiger partial charge in [0.1, 0.15) is 5.82 Å². The molecular formula is C18H20FN7O. The number of aromatic nitrogens is 4. The van der Waals surface area contributed by atoms with Gasteiger partial charge in [-0.25, -0.2) is 9.18 Å². The Bertz CT molecular complexity index is 948. The average Bonchev–Trinajstić information content (AvgIpc) is 3.12. The fourth-order valence-corrected chi connectivity index (χ4v) is 3.13. The molecular weight excluding hydrogens is 349 g/mol. The Hall–Kier alpha value is -3.23. The Morgan fingerprint density at radius 3 is 2.59 bits per heavy atom. The average molecular weight is 369 g/mol. The zero-order valence-corrected chi connectivity index (χ0v) is 15.0. The first-order chi connectivity index (χ1) is 13.1. The molecule has 0 atom stereocenters. The van der Waals surface area contributed by atoms with E-state index in [9.17, 15) is 9.18 Å². The molecule has 0 unspecified atom stereocenters. The van der Waals surface area contributed by atoms with Gasteiger partial charge in [-0.15, -0.1) is 10.2 Å². The normalized spacial score (nSPS) is 14.6. The number of benzene rings is 1. The van der Waals surface area contributed by atoms with Crippen LogP contribution in [0.4, 0.5) is 20.6 Å². The van der Waals surface area contributed by atoms with Crippen molar-refractivity contribution < 1.29 is 9.18 Å². The smallest absolute Gasteiger partial charge is 0.321 e. The summed E-state index contributed by atoms with van der Waals surface area (Å²) in [6.45, 7) is 4.59. The van der Waals surface area contributed by atoms with Crippen LogP contribution in [0.3, 0.4) is 0 Å². The highest BCUT2D eigenvalue weighted by Gasteiger charge is 2.22. The topological polar surface area (TPSA) is 78.7 Å². The molecule has 9 heteroatoms. The molecule has 1 fully saturated rings. The van der Waals surface area contributed by atoms with Gasteiger partial charge in [-0.05, 0) is 24.3 Å². The van der Waals surface area contributed by atoms with Crippen molar-refractivity contribution in [3.63, 3.8) is 0 Å². The molecule has 2 amide bonds. The van der Waals surface area contributed by atoms with Crippen molar-refractivity contribution in [3.05, 3.63) is 48.2 Å². The van der Waals surface area contributed by atoms with Crippen LogP contribution in [-0.4, -0.2) is 56.9 Å². The number of carbonyl (C=O) groups excluding carboxylic acids is 1. The highest BCUT2D eigenvalue weighted by Crippen LogP contribution is 2.18. The molecule has 0 bridgehead atoms. The molecule has 1 N–H and O–H groups in total. The Morgan fingerprint density at radius 1 is 1.15 bits per heavy atom. The van der Waals surface area contributed by atoms with Crippen molar-refractivity contribution in [2.24, 2.45) is 0 Å². The summed E-state index contributed by atoms with van der Waals surface area (Å²) in [5.74, 6) is 0.504. The third-order valence-corrected chi connectivity index (χ3v) is 4.66. The molecule has 3 aromatic rings. The lowest BCUT2D eigenvalue weighted by Crippen LogP contribution is -2.50. The zero-order chi connectivity index (χ0) is 18.8. The summed E-state index contributed by atoms with van der Waals surface area (Å²) in [4.78, 5) is 16.3. The molecule has 0 spiro atoms. The van der Waals surface area contributed by atoms with Crippen molar-refractivity contribution in [1.82, 2.24) is 24.7 Å². The van der Waals surface area contributed by atoms with Crippen molar-refractivity contribution in [2.45, 2.75) is 13.3 Å². The minimum absolute atomic E-state index is 0.181. The number of hydrogen-bond acceptors (Lipinski definition) is 5. The molecule has 4 rings (SSSR count). The number of nitrogens with one attached hydrogen (secondary N) is 1. The van der Waals surface area contributed by atoms with Crippen LogP contribution in [0, 0.1) is 5.82 Å². The molecule has 27 heavy (non-hydrogen) atoms. The quantitative estimate of drug-likeness (QED) is 0.766. The van der Waals surface area contributed by atoms with Gasteiger partial charge in [0, 0.05) is 44.4 Å². The number of hydrogen-bond donors (Lipinski definition) is 1. The maximum atomic E-state index is 13.0. The number of amides is 2. The van der Waals surface area contributed by atoms with Crippen LogP contribution < -0.4 is 10.2 Å². The van der Waals surface area contributed by atoms with E-state index in [0.29, 0.717) is 31.9 Å². The van der Waals surface area contributed by atoms with Gasteiger partial charge in [0.25, 0.3) is 0 Å². The molecule has 1 aliphatic rings. The minimum Gasteiger partial charge on any atom is -0.367 e. The van der Waals surface area contributed by atoms with E-state index < -0.39 is 0 Å². The molecule has 1 aromatic carbocycles. The predicted octanol–water partition coefficient (Wildman–Crippen LogP) is 2.18. The summed E-state index contributed by atoms with van der Waals surface area (Å²) >= 11 is 0. The lowest BCUT2D eigenvalue weighted by atomic mass is 10.3. The van der Waals surface area contributed by atoms with Gasteiger partial charge in [0.2, 0.25) is 0 Å². The fourth-order valence-electron chi connectivity index (χ4n) is 3.13. The first-order valence-corrected chi connectivity index (χ1v) is 8.91. The highest BCUT2D eigenvalue weighted by molar-refractivity contribution is 5.89. The van der Waals surface area contributed by atoms with Gasteiger partial charge in [-0.1, -0.05) is 6.92 Å². The van der Waals surface area contributed by atoms with Crippen LogP contribution in [0.5, 0.6) is 0 Å². The molecule has 140 valence electrons. The molecule has 8 nitrogen and oxygen atoms in total. The largest absolute Gasteiger partial charge is 0.367 e. The number of urea groups is 1. The number of aryl methyl sites for hydroxylation is 1. The Kier molecular flexibility index (Phi) is 4.57. The van der Waals surface area contributed by atoms with E-state index in [4.69, 9.17) is 0 Å². The van der Waals surface area contributed by atoms with E-state index in [1.807, 2.05) is 19.2 Å². The summed E-state index contributed by atoms with van der Waals surface area (Å²) in [6.07, 6.45) is 2.58. The van der Waals surface area contributed by atoms with Gasteiger partial charge in [0.15, 0.2) is 11.5 Å². The number of piperazine rings is 1. The van der Waals surface area contributed by atoms with Gasteiger partial charge in [-0.3, -0.25) is 0 Å². The van der Waals surface area contributed by atoms with Crippen LogP contribution in [0.2, 0.25) is 0 Å². The minimum atomic E-state index is -0.328. The molecule has 0 radical (unpaired) electrons. The SMILES string of the molecule is CCc1nnc2cc(N3CCN(C(=O)Nc4ccc(F)cc4)CC3)cnn12. The van der Waals surface area contributed by atoms with E-state index in [1.165, 1.54) is 12.1 Å². The molecule has 1 aliphatic heterocycles. The fraction of sp³-hybridized carbons (Fsp3) is 0.333. The van der Waals surface area contributed by atoms with E-state index in [1.54, 1.807) is 21.5 Å². The maximum Gasteiger partial charge on any atom is 0.321 e.